The molecule has 2 aromatic heterocycles. The van der Waals surface area contributed by atoms with Crippen LogP contribution < -0.4 is 5.73 Å². The molecule has 0 unspecified atom stereocenters. The average molecular weight is 392 g/mol. The molecule has 142 valence electrons. The number of halogens is 1. The van der Waals surface area contributed by atoms with Crippen molar-refractivity contribution >= 4 is 28.6 Å². The van der Waals surface area contributed by atoms with Gasteiger partial charge in [0.2, 0.25) is 0 Å². The molecular formula is C17H18ClN5O4. The Morgan fingerprint density at radius 1 is 1.22 bits per heavy atom. The first-order valence-corrected chi connectivity index (χ1v) is 8.71. The summed E-state index contributed by atoms with van der Waals surface area (Å²) < 4.78 is 7.04. The van der Waals surface area contributed by atoms with Crippen molar-refractivity contribution in [1.29, 1.82) is 0 Å². The number of nitrogens with two attached hydrogens (primary N) is 1. The molecule has 4 rings (SSSR count). The summed E-state index contributed by atoms with van der Waals surface area (Å²) in [7, 11) is 0. The van der Waals surface area contributed by atoms with Gasteiger partial charge in [-0.1, -0.05) is 23.7 Å². The Morgan fingerprint density at radius 3 is 2.74 bits per heavy atom. The molecule has 1 aromatic carbocycles. The van der Waals surface area contributed by atoms with Crippen molar-refractivity contribution in [3.63, 3.8) is 0 Å². The predicted molar refractivity (Wildman–Crippen MR) is 97.0 cm³/mol. The highest BCUT2D eigenvalue weighted by atomic mass is 35.5. The van der Waals surface area contributed by atoms with E-state index in [2.05, 4.69) is 15.0 Å². The number of aliphatic hydroxyl groups excluding tert-OH is 3. The molecule has 1 fully saturated rings. The van der Waals surface area contributed by atoms with Crippen LogP contribution in [-0.2, 0) is 11.2 Å². The number of anilines is 1. The van der Waals surface area contributed by atoms with Gasteiger partial charge in [0.15, 0.2) is 17.7 Å². The van der Waals surface area contributed by atoms with Crippen LogP contribution in [0.2, 0.25) is 5.02 Å². The van der Waals surface area contributed by atoms with Gasteiger partial charge in [-0.05, 0) is 17.7 Å². The minimum Gasteiger partial charge on any atom is -0.394 e. The lowest BCUT2D eigenvalue weighted by Crippen LogP contribution is -2.33. The van der Waals surface area contributed by atoms with Gasteiger partial charge in [0.1, 0.15) is 29.7 Å². The number of imidazole rings is 1. The monoisotopic (exact) mass is 391 g/mol. The van der Waals surface area contributed by atoms with Crippen LogP contribution in [-0.4, -0.2) is 59.8 Å². The summed E-state index contributed by atoms with van der Waals surface area (Å²) in [5.41, 5.74) is 7.67. The molecule has 3 heterocycles. The lowest BCUT2D eigenvalue weighted by atomic mass is 10.1. The van der Waals surface area contributed by atoms with E-state index in [9.17, 15) is 15.3 Å². The highest BCUT2D eigenvalue weighted by Crippen LogP contribution is 2.32. The molecule has 1 aliphatic rings. The maximum Gasteiger partial charge on any atom is 0.167 e. The fourth-order valence-electron chi connectivity index (χ4n) is 3.19. The number of fused-ring (bicyclic) bond motifs is 1. The number of hydrogen-bond acceptors (Lipinski definition) is 8. The number of aromatic nitrogens is 4. The second kappa shape index (κ2) is 7.02. The van der Waals surface area contributed by atoms with Gasteiger partial charge in [-0.2, -0.15) is 0 Å². The Hall–Kier alpha value is -2.30. The van der Waals surface area contributed by atoms with E-state index < -0.39 is 31.1 Å². The Labute approximate surface area is 159 Å². The Kier molecular flexibility index (Phi) is 4.70. The second-order valence-corrected chi connectivity index (χ2v) is 6.82. The largest absolute Gasteiger partial charge is 0.394 e. The molecule has 1 saturated heterocycles. The summed E-state index contributed by atoms with van der Waals surface area (Å²) in [5.74, 6) is 0.651. The first-order chi connectivity index (χ1) is 13.0. The summed E-state index contributed by atoms with van der Waals surface area (Å²) in [5, 5.41) is 30.2. The lowest BCUT2D eigenvalue weighted by Gasteiger charge is -2.16. The molecule has 0 amide bonds. The molecule has 0 bridgehead atoms. The fourth-order valence-corrected chi connectivity index (χ4v) is 3.40. The lowest BCUT2D eigenvalue weighted by molar-refractivity contribution is -0.0511. The third kappa shape index (κ3) is 3.24. The zero-order valence-electron chi connectivity index (χ0n) is 14.1. The molecule has 0 radical (unpaired) electrons. The van der Waals surface area contributed by atoms with E-state index in [-0.39, 0.29) is 5.82 Å². The maximum atomic E-state index is 10.3. The standard InChI is InChI=1S/C17H18ClN5O4/c18-9-3-1-2-8(4-9)5-11-21-15(19)12-16(22-11)23(7-20-12)17-14(26)13(25)10(6-24)27-17/h1-4,7,10,13-14,17,24-26H,5-6H2,(H2,19,21,22)/t10-,13-,14-,17-/m1/s1. The molecule has 1 aliphatic heterocycles. The third-order valence-corrected chi connectivity index (χ3v) is 4.77. The molecule has 0 spiro atoms. The zero-order valence-corrected chi connectivity index (χ0v) is 14.9. The van der Waals surface area contributed by atoms with E-state index in [0.29, 0.717) is 28.4 Å². The summed E-state index contributed by atoms with van der Waals surface area (Å²) in [6.07, 6.45) is -2.49. The molecule has 9 nitrogen and oxygen atoms in total. The van der Waals surface area contributed by atoms with Crippen molar-refractivity contribution < 1.29 is 20.1 Å². The van der Waals surface area contributed by atoms with E-state index in [1.807, 2.05) is 18.2 Å². The molecular weight excluding hydrogens is 374 g/mol. The highest BCUT2D eigenvalue weighted by Gasteiger charge is 2.44. The van der Waals surface area contributed by atoms with Crippen LogP contribution in [0.4, 0.5) is 5.82 Å². The molecule has 3 aromatic rings. The molecule has 0 saturated carbocycles. The van der Waals surface area contributed by atoms with Gasteiger partial charge in [-0.15, -0.1) is 0 Å². The van der Waals surface area contributed by atoms with Gasteiger partial charge in [0.25, 0.3) is 0 Å². The number of nitrogens with zero attached hydrogens (tertiary/aromatic N) is 4. The molecule has 0 aliphatic carbocycles. The van der Waals surface area contributed by atoms with Crippen LogP contribution in [0.5, 0.6) is 0 Å². The van der Waals surface area contributed by atoms with Crippen LogP contribution in [0.3, 0.4) is 0 Å². The van der Waals surface area contributed by atoms with E-state index in [4.69, 9.17) is 22.1 Å². The fraction of sp³-hybridized carbons (Fsp3) is 0.353. The van der Waals surface area contributed by atoms with Crippen molar-refractivity contribution in [3.8, 4) is 0 Å². The van der Waals surface area contributed by atoms with E-state index in [1.165, 1.54) is 10.9 Å². The second-order valence-electron chi connectivity index (χ2n) is 6.38. The molecule has 10 heteroatoms. The van der Waals surface area contributed by atoms with Crippen LogP contribution in [0.25, 0.3) is 11.2 Å². The summed E-state index contributed by atoms with van der Waals surface area (Å²) in [6.45, 7) is -0.418. The number of rotatable bonds is 4. The summed E-state index contributed by atoms with van der Waals surface area (Å²) in [6, 6.07) is 7.33. The number of nitrogen functional groups attached to an aromatic ring is 1. The highest BCUT2D eigenvalue weighted by molar-refractivity contribution is 6.30. The normalized spacial score (nSPS) is 25.3. The molecule has 5 N–H and O–H groups in total. The number of aliphatic hydroxyl groups is 3. The summed E-state index contributed by atoms with van der Waals surface area (Å²) >= 11 is 6.02. The van der Waals surface area contributed by atoms with Gasteiger partial charge in [0.05, 0.1) is 12.9 Å². The topological polar surface area (TPSA) is 140 Å². The van der Waals surface area contributed by atoms with E-state index in [1.54, 1.807) is 6.07 Å². The van der Waals surface area contributed by atoms with Gasteiger partial charge in [-0.3, -0.25) is 4.57 Å². The smallest absolute Gasteiger partial charge is 0.167 e. The van der Waals surface area contributed by atoms with Crippen molar-refractivity contribution in [2.45, 2.75) is 31.0 Å². The van der Waals surface area contributed by atoms with Crippen molar-refractivity contribution in [1.82, 2.24) is 19.5 Å². The van der Waals surface area contributed by atoms with Crippen molar-refractivity contribution in [3.05, 3.63) is 47.0 Å². The zero-order chi connectivity index (χ0) is 19.1. The van der Waals surface area contributed by atoms with Crippen LogP contribution >= 0.6 is 11.6 Å². The van der Waals surface area contributed by atoms with E-state index in [0.717, 1.165) is 5.56 Å². The van der Waals surface area contributed by atoms with Crippen molar-refractivity contribution in [2.24, 2.45) is 0 Å². The van der Waals surface area contributed by atoms with Gasteiger partial charge in [0, 0.05) is 11.4 Å². The first kappa shape index (κ1) is 18.1. The molecule has 4 atom stereocenters. The van der Waals surface area contributed by atoms with Crippen molar-refractivity contribution in [2.75, 3.05) is 12.3 Å². The first-order valence-electron chi connectivity index (χ1n) is 8.33. The Bertz CT molecular complexity index is 981. The number of benzene rings is 1. The van der Waals surface area contributed by atoms with Crippen LogP contribution in [0, 0.1) is 0 Å². The SMILES string of the molecule is Nc1nc(Cc2cccc(Cl)c2)nc2c1ncn2[C@@H]1O[C@H](CO)[C@@H](O)[C@H]1O. The minimum absolute atomic E-state index is 0.197. The summed E-state index contributed by atoms with van der Waals surface area (Å²) in [4.78, 5) is 13.0. The Morgan fingerprint density at radius 2 is 2.04 bits per heavy atom. The third-order valence-electron chi connectivity index (χ3n) is 4.54. The predicted octanol–water partition coefficient (Wildman–Crippen LogP) is 0.264. The Balaban J connectivity index is 1.72. The van der Waals surface area contributed by atoms with Gasteiger partial charge < -0.3 is 25.8 Å². The van der Waals surface area contributed by atoms with Crippen LogP contribution in [0.15, 0.2) is 30.6 Å². The van der Waals surface area contributed by atoms with Gasteiger partial charge in [-0.25, -0.2) is 15.0 Å². The van der Waals surface area contributed by atoms with E-state index >= 15 is 0 Å². The number of hydrogen-bond donors (Lipinski definition) is 4. The van der Waals surface area contributed by atoms with Gasteiger partial charge >= 0.3 is 0 Å². The minimum atomic E-state index is -1.24. The molecule has 27 heavy (non-hydrogen) atoms. The maximum absolute atomic E-state index is 10.3. The number of ether oxygens (including phenoxy) is 1. The van der Waals surface area contributed by atoms with Crippen LogP contribution in [0.1, 0.15) is 17.6 Å². The average Bonchev–Trinajstić information content (AvgIpc) is 3.17. The quantitative estimate of drug-likeness (QED) is 0.496.